The molecule has 4 saturated heterocycles. The molecule has 0 spiro atoms. The van der Waals surface area contributed by atoms with E-state index in [1.807, 2.05) is 12.1 Å². The average Bonchev–Trinajstić information content (AvgIpc) is 3.44. The first kappa shape index (κ1) is 50.8. The maximum absolute atomic E-state index is 13.1. The summed E-state index contributed by atoms with van der Waals surface area (Å²) >= 11 is 0. The number of ether oxygens (including phenoxy) is 6. The predicted octanol–water partition coefficient (Wildman–Crippen LogP) is 0.803. The molecule has 0 aliphatic carbocycles. The summed E-state index contributed by atoms with van der Waals surface area (Å²) in [6, 6.07) is 11.8. The lowest BCUT2D eigenvalue weighted by Gasteiger charge is -2.47. The summed E-state index contributed by atoms with van der Waals surface area (Å²) in [5.74, 6) is -1.51. The minimum Gasteiger partial charge on any atom is -1.00 e. The summed E-state index contributed by atoms with van der Waals surface area (Å²) in [5.41, 5.74) is 1.92. The second-order valence-electron chi connectivity index (χ2n) is 17.3. The molecule has 0 radical (unpaired) electrons. The van der Waals surface area contributed by atoms with Crippen molar-refractivity contribution in [2.24, 2.45) is 0 Å². The van der Waals surface area contributed by atoms with Crippen molar-refractivity contribution in [1.82, 2.24) is 0 Å². The molecule has 0 aromatic heterocycles. The Kier molecular flexibility index (Phi) is 18.2. The molecule has 0 N–H and O–H groups in total. The maximum atomic E-state index is 13.1. The van der Waals surface area contributed by atoms with Crippen LogP contribution < -0.4 is 52.9 Å². The molecular weight excluding hydrogens is 932 g/mol. The van der Waals surface area contributed by atoms with E-state index in [0.717, 1.165) is 71.5 Å². The molecule has 14 nitrogen and oxygen atoms in total. The zero-order valence-corrected chi connectivity index (χ0v) is 40.0. The number of hydrogen-bond acceptors (Lipinski definition) is 12. The van der Waals surface area contributed by atoms with Crippen LogP contribution in [0.1, 0.15) is 129 Å². The van der Waals surface area contributed by atoms with E-state index in [1.165, 1.54) is 0 Å². The molecule has 4 fully saturated rings. The van der Waals surface area contributed by atoms with Crippen LogP contribution in [0.3, 0.4) is 0 Å². The number of hydrogen-bond donors (Lipinski definition) is 0. The minimum absolute atomic E-state index is 0. The van der Waals surface area contributed by atoms with Crippen LogP contribution in [0.25, 0.3) is 0 Å². The van der Waals surface area contributed by atoms with Crippen molar-refractivity contribution >= 4 is 35.8 Å². The van der Waals surface area contributed by atoms with Crippen molar-refractivity contribution in [2.75, 3.05) is 14.1 Å². The van der Waals surface area contributed by atoms with Gasteiger partial charge in [-0.05, 0) is 36.4 Å². The number of quaternary nitrogens is 2. The van der Waals surface area contributed by atoms with Gasteiger partial charge < -0.3 is 71.4 Å². The molecule has 342 valence electrons. The van der Waals surface area contributed by atoms with Gasteiger partial charge in [0.05, 0.1) is 51.1 Å². The number of carbonyl (C=O) groups excluding carboxylic acids is 6. The molecule has 6 rings (SSSR count). The number of carbonyl (C=O) groups is 6. The third-order valence-corrected chi connectivity index (χ3v) is 13.4. The van der Waals surface area contributed by atoms with Gasteiger partial charge in [0, 0.05) is 88.2 Å². The van der Waals surface area contributed by atoms with Crippen LogP contribution in [-0.4, -0.2) is 95.3 Å². The van der Waals surface area contributed by atoms with Crippen molar-refractivity contribution in [3.05, 3.63) is 47.5 Å². The number of piperidine rings is 2. The number of nitrogens with zero attached hydrogens (tertiary/aromatic N) is 2. The number of fused-ring (bicyclic) bond motifs is 4. The fraction of sp³-hybridized carbons (Fsp3) is 0.609. The molecule has 4 bridgehead atoms. The second kappa shape index (κ2) is 22.2. The first-order valence-electron chi connectivity index (χ1n) is 21.8. The van der Waals surface area contributed by atoms with Gasteiger partial charge in [-0.25, -0.2) is 0 Å². The Morgan fingerprint density at radius 3 is 1.05 bits per heavy atom. The Bertz CT molecular complexity index is 1790. The van der Waals surface area contributed by atoms with E-state index in [1.54, 1.807) is 52.0 Å². The van der Waals surface area contributed by atoms with Crippen LogP contribution >= 0.6 is 0 Å². The van der Waals surface area contributed by atoms with Gasteiger partial charge in [0.1, 0.15) is 25.3 Å². The van der Waals surface area contributed by atoms with Crippen LogP contribution in [0.4, 0.5) is 0 Å². The van der Waals surface area contributed by atoms with E-state index in [4.69, 9.17) is 28.4 Å². The first-order valence-corrected chi connectivity index (χ1v) is 21.8. The second-order valence-corrected chi connectivity index (χ2v) is 17.3. The van der Waals surface area contributed by atoms with Gasteiger partial charge in [0.2, 0.25) is 0 Å². The monoisotopic (exact) mass is 992 g/mol. The van der Waals surface area contributed by atoms with Crippen LogP contribution in [0.2, 0.25) is 0 Å². The number of rotatable bonds is 17. The molecule has 0 saturated carbocycles. The van der Waals surface area contributed by atoms with E-state index in [9.17, 15) is 28.8 Å². The lowest BCUT2D eigenvalue weighted by atomic mass is 9.95. The lowest BCUT2D eigenvalue weighted by molar-refractivity contribution is -0.961. The van der Waals surface area contributed by atoms with Crippen LogP contribution in [0, 0.1) is 0 Å². The minimum atomic E-state index is -0.413. The molecule has 2 aromatic rings. The molecule has 4 aliphatic rings. The number of esters is 6. The average molecular weight is 995 g/mol. The Morgan fingerprint density at radius 2 is 0.758 bits per heavy atom. The molecule has 2 aromatic carbocycles. The molecule has 62 heavy (non-hydrogen) atoms. The van der Waals surface area contributed by atoms with Crippen molar-refractivity contribution in [2.45, 2.75) is 167 Å². The highest BCUT2D eigenvalue weighted by Gasteiger charge is 2.54. The van der Waals surface area contributed by atoms with E-state index in [0.29, 0.717) is 13.1 Å². The van der Waals surface area contributed by atoms with Gasteiger partial charge in [0.25, 0.3) is 0 Å². The predicted molar refractivity (Wildman–Crippen MR) is 217 cm³/mol. The SMILES string of the molecule is CCC(=O)Oc1ccc(C[N+]2(C)C3CCC2CC(OC(=O)CCC(=O)OC2CC4CCC(C2)[N+]4(C)Cc2ccc(OC(=O)CC)c(OC(=O)CC)c2)C3)cc1OC(=O)CC.[Br-].[Br-]. The number of benzene rings is 2. The van der Waals surface area contributed by atoms with E-state index < -0.39 is 23.9 Å². The molecule has 4 atom stereocenters. The van der Waals surface area contributed by atoms with E-state index in [2.05, 4.69) is 14.1 Å². The smallest absolute Gasteiger partial charge is 0.311 e. The Hall–Kier alpha value is -3.86. The quantitative estimate of drug-likeness (QED) is 0.125. The maximum Gasteiger partial charge on any atom is 0.311 e. The zero-order valence-electron chi connectivity index (χ0n) is 36.8. The Morgan fingerprint density at radius 1 is 0.468 bits per heavy atom. The summed E-state index contributed by atoms with van der Waals surface area (Å²) in [6.07, 6.45) is 7.14. The fourth-order valence-electron chi connectivity index (χ4n) is 9.98. The summed E-state index contributed by atoms with van der Waals surface area (Å²) in [7, 11) is 4.46. The highest BCUT2D eigenvalue weighted by molar-refractivity contribution is 5.78. The van der Waals surface area contributed by atoms with Gasteiger partial charge in [-0.15, -0.1) is 0 Å². The fourth-order valence-corrected chi connectivity index (χ4v) is 9.98. The summed E-state index contributed by atoms with van der Waals surface area (Å²) in [4.78, 5) is 74.5. The number of halogens is 2. The molecule has 4 aliphatic heterocycles. The molecular formula is C46H62Br2N2O12. The van der Waals surface area contributed by atoms with Gasteiger partial charge in [-0.3, -0.25) is 28.8 Å². The van der Waals surface area contributed by atoms with Gasteiger partial charge in [-0.2, -0.15) is 0 Å². The molecule has 0 amide bonds. The van der Waals surface area contributed by atoms with Crippen molar-refractivity contribution in [3.8, 4) is 23.0 Å². The Labute approximate surface area is 385 Å². The van der Waals surface area contributed by atoms with Crippen molar-refractivity contribution < 1.29 is 100 Å². The van der Waals surface area contributed by atoms with E-state index >= 15 is 0 Å². The lowest BCUT2D eigenvalue weighted by Crippen LogP contribution is -3.00. The van der Waals surface area contributed by atoms with E-state index in [-0.39, 0.29) is 144 Å². The summed E-state index contributed by atoms with van der Waals surface area (Å²) in [6.45, 7) is 8.19. The van der Waals surface area contributed by atoms with Crippen LogP contribution in [0.5, 0.6) is 23.0 Å². The third-order valence-electron chi connectivity index (χ3n) is 13.4. The first-order chi connectivity index (χ1) is 28.7. The van der Waals surface area contributed by atoms with Gasteiger partial charge in [-0.1, -0.05) is 27.7 Å². The summed E-state index contributed by atoms with van der Waals surface area (Å²) in [5, 5.41) is 0. The van der Waals surface area contributed by atoms with Crippen LogP contribution in [-0.2, 0) is 51.3 Å². The summed E-state index contributed by atoms with van der Waals surface area (Å²) < 4.78 is 35.4. The Balaban J connectivity index is 0.00000422. The van der Waals surface area contributed by atoms with Gasteiger partial charge >= 0.3 is 35.8 Å². The zero-order chi connectivity index (χ0) is 43.2. The highest BCUT2D eigenvalue weighted by atomic mass is 79.9. The van der Waals surface area contributed by atoms with Crippen LogP contribution in [0.15, 0.2) is 36.4 Å². The molecule has 4 heterocycles. The van der Waals surface area contributed by atoms with Crippen molar-refractivity contribution in [3.63, 3.8) is 0 Å². The highest BCUT2D eigenvalue weighted by Crippen LogP contribution is 2.46. The molecule has 4 unspecified atom stereocenters. The normalized spacial score (nSPS) is 26.8. The largest absolute Gasteiger partial charge is 1.00 e. The standard InChI is InChI=1S/C46H62N2O12.2BrH/c1-7-41(49)57-37-17-11-29(21-39(37)59-43(51)9-3)27-47(5)31-13-14-32(47)24-35(23-31)55-45(53)19-20-46(54)56-36-25-33-15-16-34(26-36)48(33,6)28-30-12-18-38(58-42(50)8-2)40(22-30)60-44(52)10-4;;/h11-12,17-18,21-22,31-36H,7-10,13-16,19-20,23-28H2,1-6H3;2*1H/q+2;;/p-2. The molecule has 16 heteroatoms. The van der Waals surface area contributed by atoms with Gasteiger partial charge in [0.15, 0.2) is 23.0 Å². The third kappa shape index (κ3) is 12.0. The van der Waals surface area contributed by atoms with Crippen molar-refractivity contribution in [1.29, 1.82) is 0 Å². The topological polar surface area (TPSA) is 158 Å².